The number of methoxy groups -OCH3 is 1. The Hall–Kier alpha value is -1.37. The maximum atomic E-state index is 11.5. The highest BCUT2D eigenvalue weighted by Gasteiger charge is 2.32. The number of nitrogens with zero attached hydrogens (tertiary/aromatic N) is 1. The number of carbonyl (C=O) groups is 1. The molecule has 118 valence electrons. The Labute approximate surface area is 125 Å². The van der Waals surface area contributed by atoms with E-state index in [1.54, 1.807) is 13.2 Å². The summed E-state index contributed by atoms with van der Waals surface area (Å²) in [4.78, 5) is 13.9. The predicted octanol–water partition coefficient (Wildman–Crippen LogP) is 1.44. The number of carbonyl (C=O) groups excluding carboxylic acids is 1. The second kappa shape index (κ2) is 7.06. The van der Waals surface area contributed by atoms with E-state index in [0.717, 1.165) is 30.3 Å². The second-order valence-electron chi connectivity index (χ2n) is 5.71. The number of nitrogens with one attached hydrogen (secondary N) is 1. The zero-order valence-corrected chi connectivity index (χ0v) is 13.0. The number of nitrogen functional groups attached to an aromatic ring is 1. The average Bonchev–Trinajstić information content (AvgIpc) is 3.26. The second-order valence-corrected chi connectivity index (χ2v) is 5.71. The van der Waals surface area contributed by atoms with Gasteiger partial charge in [0.05, 0.1) is 6.61 Å². The van der Waals surface area contributed by atoms with Gasteiger partial charge < -0.3 is 9.15 Å². The fourth-order valence-electron chi connectivity index (χ4n) is 2.59. The molecule has 6 nitrogen and oxygen atoms in total. The van der Waals surface area contributed by atoms with Crippen molar-refractivity contribution in [2.24, 2.45) is 11.8 Å². The average molecular weight is 295 g/mol. The van der Waals surface area contributed by atoms with E-state index in [0.29, 0.717) is 12.6 Å². The molecule has 1 atom stereocenters. The van der Waals surface area contributed by atoms with Gasteiger partial charge in [-0.05, 0) is 38.7 Å². The normalized spacial score (nSPS) is 16.2. The van der Waals surface area contributed by atoms with Gasteiger partial charge >= 0.3 is 5.91 Å². The number of hydrazine groups is 1. The molecular weight excluding hydrogens is 270 g/mol. The monoisotopic (exact) mass is 295 g/mol. The lowest BCUT2D eigenvalue weighted by Crippen LogP contribution is -2.36. The number of ether oxygens (including phenoxy) is 1. The van der Waals surface area contributed by atoms with Crippen LogP contribution in [0.2, 0.25) is 0 Å². The summed E-state index contributed by atoms with van der Waals surface area (Å²) in [6, 6.07) is 2.29. The number of aryl methyl sites for hydroxylation is 1. The number of nitrogens with two attached hydrogens (primary N) is 1. The third-order valence-corrected chi connectivity index (χ3v) is 4.21. The van der Waals surface area contributed by atoms with Crippen molar-refractivity contribution in [1.29, 1.82) is 0 Å². The van der Waals surface area contributed by atoms with Crippen LogP contribution in [0.15, 0.2) is 10.5 Å². The molecule has 0 radical (unpaired) electrons. The van der Waals surface area contributed by atoms with E-state index >= 15 is 0 Å². The molecule has 6 heteroatoms. The lowest BCUT2D eigenvalue weighted by molar-refractivity contribution is 0.0924. The molecule has 0 aromatic carbocycles. The summed E-state index contributed by atoms with van der Waals surface area (Å²) in [7, 11) is 1.72. The van der Waals surface area contributed by atoms with Crippen molar-refractivity contribution in [1.82, 2.24) is 10.3 Å². The Morgan fingerprint density at radius 1 is 1.62 bits per heavy atom. The van der Waals surface area contributed by atoms with E-state index in [9.17, 15) is 4.79 Å². The summed E-state index contributed by atoms with van der Waals surface area (Å²) >= 11 is 0. The zero-order valence-electron chi connectivity index (χ0n) is 13.0. The molecule has 1 aromatic rings. The van der Waals surface area contributed by atoms with Crippen molar-refractivity contribution in [2.45, 2.75) is 39.3 Å². The van der Waals surface area contributed by atoms with Crippen molar-refractivity contribution >= 4 is 5.91 Å². The van der Waals surface area contributed by atoms with Crippen LogP contribution in [0.5, 0.6) is 0 Å². The van der Waals surface area contributed by atoms with Crippen LogP contribution in [-0.4, -0.2) is 37.1 Å². The molecular formula is C15H25N3O3. The van der Waals surface area contributed by atoms with Crippen LogP contribution < -0.4 is 11.3 Å². The number of furan rings is 1. The fourth-order valence-corrected chi connectivity index (χ4v) is 2.59. The van der Waals surface area contributed by atoms with Crippen molar-refractivity contribution in [3.8, 4) is 0 Å². The summed E-state index contributed by atoms with van der Waals surface area (Å²) in [6.45, 7) is 6.46. The van der Waals surface area contributed by atoms with E-state index in [1.165, 1.54) is 12.8 Å². The van der Waals surface area contributed by atoms with Gasteiger partial charge in [-0.2, -0.15) is 0 Å². The standard InChI is InChI=1S/C15H25N3O3/c1-10(12-4-5-12)18(6-7-20-3)9-13-8-14(15(19)17-16)21-11(13)2/h8,10,12H,4-7,9,16H2,1-3H3,(H,17,19). The molecule has 0 aliphatic heterocycles. The van der Waals surface area contributed by atoms with Gasteiger partial charge in [0.1, 0.15) is 5.76 Å². The third kappa shape index (κ3) is 4.06. The highest BCUT2D eigenvalue weighted by Crippen LogP contribution is 2.35. The molecule has 1 saturated carbocycles. The highest BCUT2D eigenvalue weighted by atomic mass is 16.5. The predicted molar refractivity (Wildman–Crippen MR) is 79.6 cm³/mol. The number of hydrogen-bond donors (Lipinski definition) is 2. The quantitative estimate of drug-likeness (QED) is 0.431. The molecule has 0 bridgehead atoms. The Balaban J connectivity index is 2.07. The number of hydrogen-bond acceptors (Lipinski definition) is 5. The molecule has 0 saturated heterocycles. The topological polar surface area (TPSA) is 80.7 Å². The smallest absolute Gasteiger partial charge is 0.300 e. The van der Waals surface area contributed by atoms with Crippen molar-refractivity contribution in [2.75, 3.05) is 20.3 Å². The number of amides is 1. The van der Waals surface area contributed by atoms with E-state index in [1.807, 2.05) is 6.92 Å². The first kappa shape index (κ1) is 16.0. The molecule has 1 fully saturated rings. The summed E-state index contributed by atoms with van der Waals surface area (Å²) in [5.41, 5.74) is 3.12. The Bertz CT molecular complexity index is 483. The van der Waals surface area contributed by atoms with Crippen LogP contribution in [0.4, 0.5) is 0 Å². The van der Waals surface area contributed by atoms with Gasteiger partial charge in [0.15, 0.2) is 5.76 Å². The van der Waals surface area contributed by atoms with E-state index in [4.69, 9.17) is 15.0 Å². The van der Waals surface area contributed by atoms with Gasteiger partial charge in [0.2, 0.25) is 0 Å². The molecule has 21 heavy (non-hydrogen) atoms. The van der Waals surface area contributed by atoms with Crippen molar-refractivity contribution in [3.63, 3.8) is 0 Å². The zero-order chi connectivity index (χ0) is 15.4. The van der Waals surface area contributed by atoms with Crippen molar-refractivity contribution < 1.29 is 13.9 Å². The maximum Gasteiger partial charge on any atom is 0.300 e. The minimum atomic E-state index is -0.400. The molecule has 0 spiro atoms. The van der Waals surface area contributed by atoms with E-state index in [2.05, 4.69) is 17.2 Å². The van der Waals surface area contributed by atoms with Crippen molar-refractivity contribution in [3.05, 3.63) is 23.2 Å². The molecule has 1 heterocycles. The lowest BCUT2D eigenvalue weighted by Gasteiger charge is -2.28. The van der Waals surface area contributed by atoms with Gasteiger partial charge in [-0.3, -0.25) is 15.1 Å². The van der Waals surface area contributed by atoms with Gasteiger partial charge in [-0.15, -0.1) is 0 Å². The molecule has 1 aliphatic rings. The molecule has 1 aromatic heterocycles. The molecule has 1 unspecified atom stereocenters. The first-order chi connectivity index (χ1) is 10.1. The first-order valence-corrected chi connectivity index (χ1v) is 7.40. The largest absolute Gasteiger partial charge is 0.456 e. The third-order valence-electron chi connectivity index (χ3n) is 4.21. The SMILES string of the molecule is COCCN(Cc1cc(C(=O)NN)oc1C)C(C)C1CC1. The van der Waals surface area contributed by atoms with Crippen LogP contribution in [0.3, 0.4) is 0 Å². The lowest BCUT2D eigenvalue weighted by atomic mass is 10.1. The minimum absolute atomic E-state index is 0.260. The Morgan fingerprint density at radius 3 is 2.90 bits per heavy atom. The minimum Gasteiger partial charge on any atom is -0.456 e. The summed E-state index contributed by atoms with van der Waals surface area (Å²) in [5.74, 6) is 6.54. The molecule has 1 aliphatic carbocycles. The number of rotatable bonds is 8. The Kier molecular flexibility index (Phi) is 5.39. The molecule has 2 rings (SSSR count). The van der Waals surface area contributed by atoms with E-state index < -0.39 is 5.91 Å². The maximum absolute atomic E-state index is 11.5. The van der Waals surface area contributed by atoms with Crippen LogP contribution >= 0.6 is 0 Å². The summed E-state index contributed by atoms with van der Waals surface area (Å²) in [6.07, 6.45) is 2.60. The van der Waals surface area contributed by atoms with E-state index in [-0.39, 0.29) is 5.76 Å². The van der Waals surface area contributed by atoms with Crippen LogP contribution in [0.1, 0.15) is 41.6 Å². The molecule has 1 amide bonds. The van der Waals surface area contributed by atoms with Gasteiger partial charge in [-0.1, -0.05) is 0 Å². The van der Waals surface area contributed by atoms with Gasteiger partial charge in [-0.25, -0.2) is 5.84 Å². The van der Waals surface area contributed by atoms with Gasteiger partial charge in [0.25, 0.3) is 0 Å². The Morgan fingerprint density at radius 2 is 2.33 bits per heavy atom. The summed E-state index contributed by atoms with van der Waals surface area (Å²) in [5, 5.41) is 0. The van der Waals surface area contributed by atoms with Crippen LogP contribution in [-0.2, 0) is 11.3 Å². The van der Waals surface area contributed by atoms with Gasteiger partial charge in [0, 0.05) is 31.8 Å². The van der Waals surface area contributed by atoms with Crippen LogP contribution in [0, 0.1) is 12.8 Å². The summed E-state index contributed by atoms with van der Waals surface area (Å²) < 4.78 is 10.7. The fraction of sp³-hybridized carbons (Fsp3) is 0.667. The highest BCUT2D eigenvalue weighted by molar-refractivity contribution is 5.91. The first-order valence-electron chi connectivity index (χ1n) is 7.40. The van der Waals surface area contributed by atoms with Crippen LogP contribution in [0.25, 0.3) is 0 Å². The molecule has 3 N–H and O–H groups in total.